The quantitative estimate of drug-likeness (QED) is 0.760. The molecule has 1 amide bonds. The highest BCUT2D eigenvalue weighted by molar-refractivity contribution is 6.01. The molecule has 6 nitrogen and oxygen atoms in total. The second-order valence-corrected chi connectivity index (χ2v) is 6.47. The number of hydrogen-bond acceptors (Lipinski definition) is 5. The molecule has 1 aliphatic rings. The molecule has 6 heteroatoms. The first-order chi connectivity index (χ1) is 13.0. The van der Waals surface area contributed by atoms with Gasteiger partial charge in [0.2, 0.25) is 6.23 Å². The number of nitrogens with zero attached hydrogens (tertiary/aromatic N) is 1. The Hall–Kier alpha value is -3.15. The summed E-state index contributed by atoms with van der Waals surface area (Å²) in [7, 11) is 0. The van der Waals surface area contributed by atoms with E-state index in [1.807, 2.05) is 6.07 Å². The van der Waals surface area contributed by atoms with Crippen molar-refractivity contribution >= 4 is 17.8 Å². The van der Waals surface area contributed by atoms with Gasteiger partial charge in [-0.1, -0.05) is 48.5 Å². The number of hydrogen-bond donors (Lipinski definition) is 0. The highest BCUT2D eigenvalue weighted by Gasteiger charge is 2.56. The van der Waals surface area contributed by atoms with Gasteiger partial charge in [-0.3, -0.25) is 14.5 Å². The van der Waals surface area contributed by atoms with Crippen molar-refractivity contribution in [2.24, 2.45) is 0 Å². The summed E-state index contributed by atoms with van der Waals surface area (Å²) in [5, 5.41) is 0. The highest BCUT2D eigenvalue weighted by atomic mass is 16.6. The summed E-state index contributed by atoms with van der Waals surface area (Å²) in [6.45, 7) is 3.42. The molecule has 1 saturated heterocycles. The molecule has 1 unspecified atom stereocenters. The topological polar surface area (TPSA) is 72.9 Å². The number of cyclic esters (lactones) is 1. The summed E-state index contributed by atoms with van der Waals surface area (Å²) in [6, 6.07) is 17.6. The van der Waals surface area contributed by atoms with Crippen molar-refractivity contribution in [1.29, 1.82) is 0 Å². The largest absolute Gasteiger partial charge is 0.466 e. The minimum atomic E-state index is -1.46. The normalized spacial score (nSPS) is 21.6. The minimum Gasteiger partial charge on any atom is -0.466 e. The van der Waals surface area contributed by atoms with Crippen molar-refractivity contribution < 1.29 is 23.9 Å². The van der Waals surface area contributed by atoms with Gasteiger partial charge in [-0.25, -0.2) is 4.79 Å². The number of carbonyl (C=O) groups excluding carboxylic acids is 3. The van der Waals surface area contributed by atoms with E-state index in [1.54, 1.807) is 61.5 Å². The summed E-state index contributed by atoms with van der Waals surface area (Å²) < 4.78 is 10.6. The molecule has 0 aromatic heterocycles. The van der Waals surface area contributed by atoms with E-state index in [9.17, 15) is 14.4 Å². The molecule has 0 bridgehead atoms. The van der Waals surface area contributed by atoms with Crippen LogP contribution in [0.5, 0.6) is 0 Å². The standard InChI is InChI=1S/C21H21NO5/c1-3-26-17(23)14-21(2)20(25)27-19(16-12-8-5-9-13-16)22(21)18(24)15-10-6-4-7-11-15/h4-13,19H,3,14H2,1-2H3/t19-,21?/m1/s1. The maximum absolute atomic E-state index is 13.3. The summed E-state index contributed by atoms with van der Waals surface area (Å²) in [5.41, 5.74) is -0.394. The van der Waals surface area contributed by atoms with E-state index in [4.69, 9.17) is 9.47 Å². The van der Waals surface area contributed by atoms with E-state index in [0.29, 0.717) is 11.1 Å². The zero-order valence-electron chi connectivity index (χ0n) is 15.3. The molecule has 0 N–H and O–H groups in total. The highest BCUT2D eigenvalue weighted by Crippen LogP contribution is 2.41. The Morgan fingerprint density at radius 2 is 1.67 bits per heavy atom. The molecule has 0 spiro atoms. The molecule has 0 radical (unpaired) electrons. The van der Waals surface area contributed by atoms with Gasteiger partial charge in [-0.15, -0.1) is 0 Å². The fourth-order valence-electron chi connectivity index (χ4n) is 3.17. The maximum Gasteiger partial charge on any atom is 0.334 e. The lowest BCUT2D eigenvalue weighted by molar-refractivity contribution is -0.152. The maximum atomic E-state index is 13.3. The van der Waals surface area contributed by atoms with E-state index < -0.39 is 23.7 Å². The number of esters is 2. The van der Waals surface area contributed by atoms with Gasteiger partial charge in [-0.2, -0.15) is 0 Å². The first-order valence-corrected chi connectivity index (χ1v) is 8.77. The molecule has 3 rings (SSSR count). The smallest absolute Gasteiger partial charge is 0.334 e. The number of benzene rings is 2. The fourth-order valence-corrected chi connectivity index (χ4v) is 3.17. The molecule has 1 heterocycles. The molecule has 0 aliphatic carbocycles. The van der Waals surface area contributed by atoms with Crippen LogP contribution < -0.4 is 0 Å². The Bertz CT molecular complexity index is 836. The van der Waals surface area contributed by atoms with Gasteiger partial charge in [0.15, 0.2) is 5.54 Å². The van der Waals surface area contributed by atoms with Crippen LogP contribution in [0, 0.1) is 0 Å². The van der Waals surface area contributed by atoms with Gasteiger partial charge in [0.25, 0.3) is 5.91 Å². The Morgan fingerprint density at radius 3 is 2.26 bits per heavy atom. The van der Waals surface area contributed by atoms with Crippen molar-refractivity contribution in [1.82, 2.24) is 4.90 Å². The first kappa shape index (κ1) is 18.6. The minimum absolute atomic E-state index is 0.193. The monoisotopic (exact) mass is 367 g/mol. The molecule has 2 aromatic rings. The molecule has 1 aliphatic heterocycles. The number of carbonyl (C=O) groups is 3. The van der Waals surface area contributed by atoms with Crippen LogP contribution in [0.15, 0.2) is 60.7 Å². The SMILES string of the molecule is CCOC(=O)CC1(C)C(=O)O[C@H](c2ccccc2)N1C(=O)c1ccccc1. The third kappa shape index (κ3) is 3.56. The molecular formula is C21H21NO5. The van der Waals surface area contributed by atoms with Gasteiger partial charge < -0.3 is 9.47 Å². The number of ether oxygens (including phenoxy) is 2. The summed E-state index contributed by atoms with van der Waals surface area (Å²) >= 11 is 0. The van der Waals surface area contributed by atoms with E-state index >= 15 is 0 Å². The van der Waals surface area contributed by atoms with E-state index in [0.717, 1.165) is 0 Å². The van der Waals surface area contributed by atoms with Crippen molar-refractivity contribution in [2.75, 3.05) is 6.61 Å². The molecule has 27 heavy (non-hydrogen) atoms. The Balaban J connectivity index is 2.04. The molecule has 0 saturated carbocycles. The Kier molecular flexibility index (Phi) is 5.26. The second-order valence-electron chi connectivity index (χ2n) is 6.47. The predicted molar refractivity (Wildman–Crippen MR) is 97.5 cm³/mol. The summed E-state index contributed by atoms with van der Waals surface area (Å²) in [6.07, 6.45) is -1.19. The molecule has 2 aromatic carbocycles. The average Bonchev–Trinajstić information content (AvgIpc) is 2.93. The van der Waals surface area contributed by atoms with Gasteiger partial charge in [0.05, 0.1) is 13.0 Å². The van der Waals surface area contributed by atoms with Crippen molar-refractivity contribution in [3.05, 3.63) is 71.8 Å². The summed E-state index contributed by atoms with van der Waals surface area (Å²) in [4.78, 5) is 39.5. The molecular weight excluding hydrogens is 346 g/mol. The van der Waals surface area contributed by atoms with Crippen LogP contribution >= 0.6 is 0 Å². The third-order valence-corrected chi connectivity index (χ3v) is 4.54. The number of amides is 1. The Morgan fingerprint density at radius 1 is 1.07 bits per heavy atom. The zero-order chi connectivity index (χ0) is 19.4. The van der Waals surface area contributed by atoms with Crippen molar-refractivity contribution in [2.45, 2.75) is 32.0 Å². The van der Waals surface area contributed by atoms with Gasteiger partial charge >= 0.3 is 11.9 Å². The molecule has 2 atom stereocenters. The van der Waals surface area contributed by atoms with Crippen LogP contribution in [-0.4, -0.2) is 34.9 Å². The second kappa shape index (κ2) is 7.61. The summed E-state index contributed by atoms with van der Waals surface area (Å²) in [5.74, 6) is -1.58. The predicted octanol–water partition coefficient (Wildman–Crippen LogP) is 3.10. The van der Waals surface area contributed by atoms with Gasteiger partial charge in [0.1, 0.15) is 0 Å². The lowest BCUT2D eigenvalue weighted by Gasteiger charge is -2.33. The fraction of sp³-hybridized carbons (Fsp3) is 0.286. The lowest BCUT2D eigenvalue weighted by Crippen LogP contribution is -2.51. The van der Waals surface area contributed by atoms with Crippen LogP contribution in [0.25, 0.3) is 0 Å². The third-order valence-electron chi connectivity index (χ3n) is 4.54. The van der Waals surface area contributed by atoms with Crippen LogP contribution in [0.2, 0.25) is 0 Å². The Labute approximate surface area is 157 Å². The van der Waals surface area contributed by atoms with Crippen molar-refractivity contribution in [3.8, 4) is 0 Å². The van der Waals surface area contributed by atoms with Crippen LogP contribution in [-0.2, 0) is 19.1 Å². The lowest BCUT2D eigenvalue weighted by atomic mass is 9.94. The molecule has 1 fully saturated rings. The number of rotatable bonds is 5. The van der Waals surface area contributed by atoms with E-state index in [-0.39, 0.29) is 18.9 Å². The molecule has 140 valence electrons. The van der Waals surface area contributed by atoms with Crippen LogP contribution in [0.4, 0.5) is 0 Å². The van der Waals surface area contributed by atoms with Crippen LogP contribution in [0.1, 0.15) is 42.4 Å². The average molecular weight is 367 g/mol. The van der Waals surface area contributed by atoms with E-state index in [1.165, 1.54) is 11.8 Å². The van der Waals surface area contributed by atoms with Gasteiger partial charge in [0, 0.05) is 11.1 Å². The van der Waals surface area contributed by atoms with Gasteiger partial charge in [-0.05, 0) is 26.0 Å². The van der Waals surface area contributed by atoms with Crippen LogP contribution in [0.3, 0.4) is 0 Å². The zero-order valence-corrected chi connectivity index (χ0v) is 15.3. The van der Waals surface area contributed by atoms with E-state index in [2.05, 4.69) is 0 Å². The first-order valence-electron chi connectivity index (χ1n) is 8.77. The van der Waals surface area contributed by atoms with Crippen molar-refractivity contribution in [3.63, 3.8) is 0 Å².